The Kier molecular flexibility index (Phi) is 5.05. The number of aryl methyl sites for hydroxylation is 1. The molecule has 25 heavy (non-hydrogen) atoms. The van der Waals surface area contributed by atoms with Crippen molar-refractivity contribution in [2.45, 2.75) is 13.8 Å². The third kappa shape index (κ3) is 4.64. The van der Waals surface area contributed by atoms with E-state index in [9.17, 15) is 4.79 Å². The second-order valence-electron chi connectivity index (χ2n) is 5.91. The van der Waals surface area contributed by atoms with Crippen LogP contribution < -0.4 is 0 Å². The minimum atomic E-state index is -0.427. The Morgan fingerprint density at radius 3 is 2.40 bits per heavy atom. The van der Waals surface area contributed by atoms with Crippen LogP contribution in [0.5, 0.6) is 0 Å². The minimum Gasteiger partial charge on any atom is -0.403 e. The Hall–Kier alpha value is -3.20. The van der Waals surface area contributed by atoms with E-state index in [1.165, 1.54) is 5.56 Å². The summed E-state index contributed by atoms with van der Waals surface area (Å²) < 4.78 is 5.20. The standard InChI is InChI=1S/C22H19NO2/c1-16-8-10-18(11-9-16)12-13-21-23-20(22(24)25-21)15-17(2)14-19-6-4-3-5-7-19/h3-15H,1-2H3. The first kappa shape index (κ1) is 16.7. The Balaban J connectivity index is 1.75. The van der Waals surface area contributed by atoms with E-state index < -0.39 is 5.97 Å². The average molecular weight is 329 g/mol. The molecule has 0 saturated carbocycles. The third-order valence-electron chi connectivity index (χ3n) is 3.69. The van der Waals surface area contributed by atoms with Crippen LogP contribution in [0.3, 0.4) is 0 Å². The van der Waals surface area contributed by atoms with Gasteiger partial charge in [0.05, 0.1) is 0 Å². The zero-order valence-corrected chi connectivity index (χ0v) is 14.3. The maximum atomic E-state index is 12.0. The lowest BCUT2D eigenvalue weighted by atomic mass is 10.1. The molecule has 1 heterocycles. The molecule has 0 unspecified atom stereocenters. The van der Waals surface area contributed by atoms with E-state index in [2.05, 4.69) is 4.99 Å². The van der Waals surface area contributed by atoms with Gasteiger partial charge in [0, 0.05) is 6.08 Å². The number of nitrogens with zero attached hydrogens (tertiary/aromatic N) is 1. The van der Waals surface area contributed by atoms with Crippen LogP contribution in [0.25, 0.3) is 12.2 Å². The van der Waals surface area contributed by atoms with Crippen LogP contribution in [0, 0.1) is 6.92 Å². The van der Waals surface area contributed by atoms with E-state index in [-0.39, 0.29) is 0 Å². The van der Waals surface area contributed by atoms with E-state index in [0.29, 0.717) is 11.6 Å². The van der Waals surface area contributed by atoms with Crippen molar-refractivity contribution in [3.63, 3.8) is 0 Å². The van der Waals surface area contributed by atoms with Gasteiger partial charge in [-0.25, -0.2) is 9.79 Å². The molecule has 0 fully saturated rings. The third-order valence-corrected chi connectivity index (χ3v) is 3.69. The topological polar surface area (TPSA) is 38.7 Å². The lowest BCUT2D eigenvalue weighted by molar-refractivity contribution is -0.129. The summed E-state index contributed by atoms with van der Waals surface area (Å²) >= 11 is 0. The zero-order chi connectivity index (χ0) is 17.6. The molecular weight excluding hydrogens is 310 g/mol. The summed E-state index contributed by atoms with van der Waals surface area (Å²) in [4.78, 5) is 16.2. The molecule has 3 nitrogen and oxygen atoms in total. The molecule has 0 atom stereocenters. The molecule has 2 aromatic carbocycles. The molecule has 0 N–H and O–H groups in total. The van der Waals surface area contributed by atoms with Gasteiger partial charge in [-0.05, 0) is 42.7 Å². The molecule has 0 saturated heterocycles. The second kappa shape index (κ2) is 7.58. The van der Waals surface area contributed by atoms with Gasteiger partial charge in [-0.1, -0.05) is 66.2 Å². The van der Waals surface area contributed by atoms with Crippen LogP contribution in [-0.4, -0.2) is 11.9 Å². The van der Waals surface area contributed by atoms with Crippen LogP contribution in [-0.2, 0) is 9.53 Å². The summed E-state index contributed by atoms with van der Waals surface area (Å²) in [7, 11) is 0. The van der Waals surface area contributed by atoms with Crippen molar-refractivity contribution in [1.29, 1.82) is 0 Å². The Labute approximate surface area is 147 Å². The van der Waals surface area contributed by atoms with Crippen molar-refractivity contribution < 1.29 is 9.53 Å². The Bertz CT molecular complexity index is 885. The van der Waals surface area contributed by atoms with E-state index in [4.69, 9.17) is 4.74 Å². The van der Waals surface area contributed by atoms with Crippen LogP contribution in [0.15, 0.2) is 83.0 Å². The molecule has 3 rings (SSSR count). The summed E-state index contributed by atoms with van der Waals surface area (Å²) in [6, 6.07) is 18.0. The van der Waals surface area contributed by atoms with E-state index in [1.54, 1.807) is 12.2 Å². The monoisotopic (exact) mass is 329 g/mol. The number of hydrogen-bond donors (Lipinski definition) is 0. The molecule has 0 bridgehead atoms. The molecule has 0 aromatic heterocycles. The molecule has 0 aliphatic carbocycles. The molecular formula is C22H19NO2. The summed E-state index contributed by atoms with van der Waals surface area (Å²) in [6.45, 7) is 3.97. The van der Waals surface area contributed by atoms with Gasteiger partial charge >= 0.3 is 5.97 Å². The summed E-state index contributed by atoms with van der Waals surface area (Å²) in [5.41, 5.74) is 4.56. The normalized spacial score (nSPS) is 16.4. The highest BCUT2D eigenvalue weighted by Gasteiger charge is 2.20. The van der Waals surface area contributed by atoms with Gasteiger partial charge < -0.3 is 4.74 Å². The molecule has 124 valence electrons. The highest BCUT2D eigenvalue weighted by molar-refractivity contribution is 6.10. The van der Waals surface area contributed by atoms with Gasteiger partial charge in [-0.15, -0.1) is 0 Å². The lowest BCUT2D eigenvalue weighted by Crippen LogP contribution is -2.01. The van der Waals surface area contributed by atoms with Crippen LogP contribution in [0.2, 0.25) is 0 Å². The van der Waals surface area contributed by atoms with Gasteiger partial charge in [-0.3, -0.25) is 0 Å². The van der Waals surface area contributed by atoms with Gasteiger partial charge in [0.25, 0.3) is 0 Å². The zero-order valence-electron chi connectivity index (χ0n) is 14.3. The van der Waals surface area contributed by atoms with E-state index >= 15 is 0 Å². The van der Waals surface area contributed by atoms with Crippen molar-refractivity contribution in [3.8, 4) is 0 Å². The fraction of sp³-hybridized carbons (Fsp3) is 0.0909. The van der Waals surface area contributed by atoms with Gasteiger partial charge in [0.15, 0.2) is 5.70 Å². The SMILES string of the molecule is CC(=Cc1ccccc1)C=C1N=C(C=Cc2ccc(C)cc2)OC1=O. The predicted octanol–water partition coefficient (Wildman–Crippen LogP) is 4.95. The number of esters is 1. The maximum absolute atomic E-state index is 12.0. The number of carbonyl (C=O) groups is 1. The molecule has 0 spiro atoms. The average Bonchev–Trinajstić information content (AvgIpc) is 2.95. The number of aliphatic imine (C=N–C) groups is 1. The van der Waals surface area contributed by atoms with Crippen LogP contribution >= 0.6 is 0 Å². The van der Waals surface area contributed by atoms with E-state index in [1.807, 2.05) is 80.6 Å². The number of rotatable bonds is 4. The summed E-state index contributed by atoms with van der Waals surface area (Å²) in [5.74, 6) is -0.117. The second-order valence-corrected chi connectivity index (χ2v) is 5.91. The fourth-order valence-corrected chi connectivity index (χ4v) is 2.41. The maximum Gasteiger partial charge on any atom is 0.363 e. The minimum absolute atomic E-state index is 0.310. The van der Waals surface area contributed by atoms with Crippen molar-refractivity contribution in [2.75, 3.05) is 0 Å². The highest BCUT2D eigenvalue weighted by atomic mass is 16.6. The number of carbonyl (C=O) groups excluding carboxylic acids is 1. The Morgan fingerprint density at radius 1 is 0.960 bits per heavy atom. The van der Waals surface area contributed by atoms with Crippen molar-refractivity contribution >= 4 is 24.0 Å². The van der Waals surface area contributed by atoms with Crippen LogP contribution in [0.1, 0.15) is 23.6 Å². The summed E-state index contributed by atoms with van der Waals surface area (Å²) in [6.07, 6.45) is 7.32. The quantitative estimate of drug-likeness (QED) is 0.588. The van der Waals surface area contributed by atoms with Crippen molar-refractivity contribution in [2.24, 2.45) is 4.99 Å². The predicted molar refractivity (Wildman–Crippen MR) is 102 cm³/mol. The first-order valence-electron chi connectivity index (χ1n) is 8.11. The largest absolute Gasteiger partial charge is 0.403 e. The highest BCUT2D eigenvalue weighted by Crippen LogP contribution is 2.16. The first-order valence-corrected chi connectivity index (χ1v) is 8.11. The number of benzene rings is 2. The Morgan fingerprint density at radius 2 is 1.68 bits per heavy atom. The molecule has 0 amide bonds. The molecule has 2 aromatic rings. The lowest BCUT2D eigenvalue weighted by Gasteiger charge is -1.95. The molecule has 1 aliphatic heterocycles. The molecule has 1 aliphatic rings. The van der Waals surface area contributed by atoms with E-state index in [0.717, 1.165) is 16.7 Å². The molecule has 3 heteroatoms. The fourth-order valence-electron chi connectivity index (χ4n) is 2.41. The van der Waals surface area contributed by atoms with Crippen molar-refractivity contribution in [1.82, 2.24) is 0 Å². The number of allylic oxidation sites excluding steroid dienone is 2. The van der Waals surface area contributed by atoms with Gasteiger partial charge in [0.2, 0.25) is 5.90 Å². The number of ether oxygens (including phenoxy) is 1. The first-order chi connectivity index (χ1) is 12.1. The smallest absolute Gasteiger partial charge is 0.363 e. The number of hydrogen-bond acceptors (Lipinski definition) is 3. The van der Waals surface area contributed by atoms with Gasteiger partial charge in [-0.2, -0.15) is 0 Å². The molecule has 0 radical (unpaired) electrons. The van der Waals surface area contributed by atoms with Crippen molar-refractivity contribution in [3.05, 3.63) is 94.7 Å². The van der Waals surface area contributed by atoms with Crippen LogP contribution in [0.4, 0.5) is 0 Å². The van der Waals surface area contributed by atoms with Gasteiger partial charge in [0.1, 0.15) is 0 Å². The summed E-state index contributed by atoms with van der Waals surface area (Å²) in [5, 5.41) is 0. The number of cyclic esters (lactones) is 1.